The number of benzene rings is 4. The van der Waals surface area contributed by atoms with Gasteiger partial charge in [0.15, 0.2) is 0 Å². The molecule has 0 unspecified atom stereocenters. The Kier molecular flexibility index (Phi) is 3.46. The molecule has 2 aliphatic rings. The Labute approximate surface area is 172 Å². The molecule has 0 fully saturated rings. The lowest BCUT2D eigenvalue weighted by Crippen LogP contribution is -2.30. The van der Waals surface area contributed by atoms with Crippen molar-refractivity contribution in [2.75, 3.05) is 0 Å². The Hall–Kier alpha value is -3.38. The molecule has 4 aromatic rings. The van der Waals surface area contributed by atoms with E-state index < -0.39 is 0 Å². The summed E-state index contributed by atoms with van der Waals surface area (Å²) in [5.74, 6) is 0. The van der Waals surface area contributed by atoms with Gasteiger partial charge in [0.05, 0.1) is 5.41 Å². The molecule has 0 radical (unpaired) electrons. The van der Waals surface area contributed by atoms with Crippen molar-refractivity contribution in [1.29, 1.82) is 0 Å². The zero-order valence-corrected chi connectivity index (χ0v) is 16.5. The first-order valence-corrected chi connectivity index (χ1v) is 10.4. The van der Waals surface area contributed by atoms with Gasteiger partial charge in [-0.3, -0.25) is 0 Å². The minimum atomic E-state index is -0.283. The fourth-order valence-electron chi connectivity index (χ4n) is 5.44. The van der Waals surface area contributed by atoms with E-state index in [1.165, 1.54) is 50.1 Å². The lowest BCUT2D eigenvalue weighted by atomic mass is 9.66. The molecule has 0 saturated carbocycles. The first-order chi connectivity index (χ1) is 14.3. The molecule has 0 atom stereocenters. The third kappa shape index (κ3) is 2.09. The van der Waals surface area contributed by atoms with Crippen LogP contribution in [0.3, 0.4) is 0 Å². The van der Waals surface area contributed by atoms with Gasteiger partial charge in [-0.15, -0.1) is 0 Å². The summed E-state index contributed by atoms with van der Waals surface area (Å²) in [5.41, 5.74) is 12.0. The van der Waals surface area contributed by atoms with E-state index in [1.54, 1.807) is 0 Å². The fraction of sp³-hybridized carbons (Fsp3) is 0.103. The van der Waals surface area contributed by atoms with E-state index >= 15 is 0 Å². The van der Waals surface area contributed by atoms with Gasteiger partial charge in [-0.25, -0.2) is 0 Å². The quantitative estimate of drug-likeness (QED) is 0.290. The molecular weight excluding hydrogens is 348 g/mol. The van der Waals surface area contributed by atoms with E-state index in [9.17, 15) is 0 Å². The van der Waals surface area contributed by atoms with E-state index in [0.717, 1.165) is 6.42 Å². The lowest BCUT2D eigenvalue weighted by molar-refractivity contribution is 0.765. The number of aryl methyl sites for hydroxylation is 1. The van der Waals surface area contributed by atoms with Crippen LogP contribution in [-0.4, -0.2) is 0 Å². The third-order valence-corrected chi connectivity index (χ3v) is 6.69. The van der Waals surface area contributed by atoms with Crippen LogP contribution < -0.4 is 0 Å². The minimum Gasteiger partial charge on any atom is -0.0619 e. The molecule has 0 aliphatic heterocycles. The average Bonchev–Trinajstić information content (AvgIpc) is 3.00. The number of hydrogen-bond donors (Lipinski definition) is 0. The van der Waals surface area contributed by atoms with Crippen molar-refractivity contribution in [2.45, 2.75) is 18.8 Å². The van der Waals surface area contributed by atoms with Crippen molar-refractivity contribution in [2.24, 2.45) is 0 Å². The van der Waals surface area contributed by atoms with Crippen LogP contribution in [0, 0.1) is 0 Å². The van der Waals surface area contributed by atoms with Crippen molar-refractivity contribution >= 4 is 12.2 Å². The number of fused-ring (bicyclic) bond motifs is 9. The average molecular weight is 370 g/mol. The SMILES string of the molecule is CCc1ccc2c(c1)C=Cc1ccccc1C21c2ccccc2-c2ccccc21. The Morgan fingerprint density at radius 1 is 0.552 bits per heavy atom. The van der Waals surface area contributed by atoms with Crippen LogP contribution in [0.15, 0.2) is 91.0 Å². The summed E-state index contributed by atoms with van der Waals surface area (Å²) in [5, 5.41) is 0. The van der Waals surface area contributed by atoms with Gasteiger partial charge in [0.25, 0.3) is 0 Å². The van der Waals surface area contributed by atoms with Gasteiger partial charge >= 0.3 is 0 Å². The topological polar surface area (TPSA) is 0 Å². The zero-order chi connectivity index (χ0) is 19.4. The van der Waals surface area contributed by atoms with Crippen molar-refractivity contribution in [1.82, 2.24) is 0 Å². The summed E-state index contributed by atoms with van der Waals surface area (Å²) in [6, 6.07) is 33.9. The first-order valence-electron chi connectivity index (χ1n) is 10.4. The molecule has 29 heavy (non-hydrogen) atoms. The number of rotatable bonds is 1. The molecule has 138 valence electrons. The molecule has 4 aromatic carbocycles. The second-order valence-corrected chi connectivity index (χ2v) is 8.04. The molecule has 1 spiro atoms. The highest BCUT2D eigenvalue weighted by Gasteiger charge is 2.48. The van der Waals surface area contributed by atoms with Gasteiger partial charge in [0, 0.05) is 0 Å². The van der Waals surface area contributed by atoms with Gasteiger partial charge in [-0.1, -0.05) is 110 Å². The predicted octanol–water partition coefficient (Wildman–Crippen LogP) is 7.10. The van der Waals surface area contributed by atoms with Crippen LogP contribution in [0.25, 0.3) is 23.3 Å². The Balaban J connectivity index is 1.84. The monoisotopic (exact) mass is 370 g/mol. The Morgan fingerprint density at radius 3 is 1.79 bits per heavy atom. The molecule has 0 nitrogen and oxygen atoms in total. The highest BCUT2D eigenvalue weighted by molar-refractivity contribution is 5.91. The van der Waals surface area contributed by atoms with E-state index in [1.807, 2.05) is 0 Å². The van der Waals surface area contributed by atoms with E-state index in [4.69, 9.17) is 0 Å². The molecule has 0 aromatic heterocycles. The standard InChI is InChI=1S/C29H22/c1-2-20-15-18-26-22(19-20)17-16-21-9-3-6-12-25(21)29(26)27-13-7-4-10-23(27)24-11-5-8-14-28(24)29/h3-19H,2H2,1H3. The van der Waals surface area contributed by atoms with Gasteiger partial charge in [-0.05, 0) is 56.5 Å². The fourth-order valence-corrected chi connectivity index (χ4v) is 5.44. The van der Waals surface area contributed by atoms with E-state index in [2.05, 4.69) is 110 Å². The normalized spacial score (nSPS) is 14.7. The van der Waals surface area contributed by atoms with Crippen molar-refractivity contribution in [3.63, 3.8) is 0 Å². The molecule has 0 heterocycles. The van der Waals surface area contributed by atoms with Crippen molar-refractivity contribution in [3.8, 4) is 11.1 Å². The zero-order valence-electron chi connectivity index (χ0n) is 16.5. The molecular formula is C29H22. The maximum Gasteiger partial charge on any atom is 0.0725 e. The molecule has 6 rings (SSSR count). The minimum absolute atomic E-state index is 0.283. The maximum atomic E-state index is 2.38. The van der Waals surface area contributed by atoms with E-state index in [0.29, 0.717) is 0 Å². The molecule has 0 amide bonds. The molecule has 0 N–H and O–H groups in total. The van der Waals surface area contributed by atoms with Crippen LogP contribution >= 0.6 is 0 Å². The molecule has 0 saturated heterocycles. The molecule has 0 heteroatoms. The van der Waals surface area contributed by atoms with Crippen LogP contribution in [0.2, 0.25) is 0 Å². The molecule has 2 aliphatic carbocycles. The summed E-state index contributed by atoms with van der Waals surface area (Å²) in [6.45, 7) is 2.23. The highest BCUT2D eigenvalue weighted by Crippen LogP contribution is 2.58. The van der Waals surface area contributed by atoms with Crippen molar-refractivity contribution in [3.05, 3.63) is 130 Å². The largest absolute Gasteiger partial charge is 0.0725 e. The smallest absolute Gasteiger partial charge is 0.0619 e. The molecule has 0 bridgehead atoms. The van der Waals surface area contributed by atoms with Gasteiger partial charge in [0.2, 0.25) is 0 Å². The summed E-state index contributed by atoms with van der Waals surface area (Å²) in [7, 11) is 0. The first kappa shape index (κ1) is 16.6. The van der Waals surface area contributed by atoms with Gasteiger partial charge in [0.1, 0.15) is 0 Å². The summed E-state index contributed by atoms with van der Waals surface area (Å²) >= 11 is 0. The van der Waals surface area contributed by atoms with Crippen LogP contribution in [0.1, 0.15) is 45.9 Å². The van der Waals surface area contributed by atoms with Crippen molar-refractivity contribution < 1.29 is 0 Å². The summed E-state index contributed by atoms with van der Waals surface area (Å²) < 4.78 is 0. The lowest BCUT2D eigenvalue weighted by Gasteiger charge is -2.35. The predicted molar refractivity (Wildman–Crippen MR) is 122 cm³/mol. The Morgan fingerprint density at radius 2 is 1.10 bits per heavy atom. The summed E-state index contributed by atoms with van der Waals surface area (Å²) in [6.07, 6.45) is 5.66. The third-order valence-electron chi connectivity index (χ3n) is 6.69. The van der Waals surface area contributed by atoms with Crippen LogP contribution in [0.5, 0.6) is 0 Å². The second kappa shape index (κ2) is 6.06. The highest BCUT2D eigenvalue weighted by atomic mass is 14.5. The summed E-state index contributed by atoms with van der Waals surface area (Å²) in [4.78, 5) is 0. The van der Waals surface area contributed by atoms with Crippen LogP contribution in [-0.2, 0) is 11.8 Å². The van der Waals surface area contributed by atoms with Crippen LogP contribution in [0.4, 0.5) is 0 Å². The number of hydrogen-bond acceptors (Lipinski definition) is 0. The van der Waals surface area contributed by atoms with E-state index in [-0.39, 0.29) is 5.41 Å². The second-order valence-electron chi connectivity index (χ2n) is 8.04. The Bertz CT molecular complexity index is 1240. The van der Waals surface area contributed by atoms with Gasteiger partial charge < -0.3 is 0 Å². The maximum absolute atomic E-state index is 2.38. The van der Waals surface area contributed by atoms with Gasteiger partial charge in [-0.2, -0.15) is 0 Å².